The minimum atomic E-state index is 0.160. The van der Waals surface area contributed by atoms with Gasteiger partial charge < -0.3 is 14.2 Å². The van der Waals surface area contributed by atoms with Crippen LogP contribution in [-0.4, -0.2) is 25.7 Å². The smallest absolute Gasteiger partial charge is 0.213 e. The van der Waals surface area contributed by atoms with Crippen molar-refractivity contribution in [1.29, 1.82) is 5.41 Å². The first-order valence-corrected chi connectivity index (χ1v) is 6.81. The van der Waals surface area contributed by atoms with Gasteiger partial charge in [-0.25, -0.2) is 0 Å². The highest BCUT2D eigenvalue weighted by Crippen LogP contribution is 2.32. The topological polar surface area (TPSA) is 51.5 Å². The van der Waals surface area contributed by atoms with Crippen molar-refractivity contribution in [1.82, 2.24) is 0 Å². The van der Waals surface area contributed by atoms with Crippen LogP contribution in [0.3, 0.4) is 0 Å². The normalized spacial score (nSPS) is 15.3. The Hall–Kier alpha value is -1.71. The van der Waals surface area contributed by atoms with Crippen molar-refractivity contribution in [3.8, 4) is 11.5 Å². The zero-order valence-electron chi connectivity index (χ0n) is 11.6. The summed E-state index contributed by atoms with van der Waals surface area (Å²) in [7, 11) is 1.62. The van der Waals surface area contributed by atoms with Gasteiger partial charge in [0.05, 0.1) is 19.8 Å². The third kappa shape index (κ3) is 3.40. The van der Waals surface area contributed by atoms with Crippen molar-refractivity contribution >= 4 is 5.90 Å². The number of ether oxygens (including phenoxy) is 3. The molecule has 0 spiro atoms. The molecule has 2 rings (SSSR count). The minimum Gasteiger partial charge on any atom is -0.493 e. The fourth-order valence-electron chi connectivity index (χ4n) is 2.32. The molecule has 0 bridgehead atoms. The second-order valence-electron chi connectivity index (χ2n) is 4.65. The summed E-state index contributed by atoms with van der Waals surface area (Å²) in [4.78, 5) is 0. The van der Waals surface area contributed by atoms with E-state index in [0.717, 1.165) is 18.6 Å². The summed E-state index contributed by atoms with van der Waals surface area (Å²) >= 11 is 0. The Balaban J connectivity index is 2.13. The molecule has 1 fully saturated rings. The first-order valence-electron chi connectivity index (χ1n) is 6.81. The van der Waals surface area contributed by atoms with Crippen molar-refractivity contribution < 1.29 is 14.2 Å². The van der Waals surface area contributed by atoms with Gasteiger partial charge in [-0.1, -0.05) is 0 Å². The molecule has 1 aromatic rings. The Morgan fingerprint density at radius 3 is 2.63 bits per heavy atom. The van der Waals surface area contributed by atoms with Crippen LogP contribution in [0, 0.1) is 5.41 Å². The number of hydrogen-bond acceptors (Lipinski definition) is 4. The molecule has 0 heterocycles. The van der Waals surface area contributed by atoms with E-state index in [1.165, 1.54) is 12.8 Å². The summed E-state index contributed by atoms with van der Waals surface area (Å²) in [5, 5.41) is 7.78. The highest BCUT2D eigenvalue weighted by Gasteiger charge is 2.19. The molecule has 4 heteroatoms. The molecular weight excluding hydrogens is 242 g/mol. The monoisotopic (exact) mass is 263 g/mol. The fraction of sp³-hybridized carbons (Fsp3) is 0.533. The standard InChI is InChI=1S/C15H21NO3/c1-3-18-15(16)11-8-9-13(14(10-11)17-2)19-12-6-4-5-7-12/h8-10,12,16H,3-7H2,1-2H3. The van der Waals surface area contributed by atoms with E-state index in [0.29, 0.717) is 24.0 Å². The molecular formula is C15H21NO3. The van der Waals surface area contributed by atoms with Crippen LogP contribution >= 0.6 is 0 Å². The summed E-state index contributed by atoms with van der Waals surface area (Å²) in [5.41, 5.74) is 0.706. The predicted molar refractivity (Wildman–Crippen MR) is 74.3 cm³/mol. The van der Waals surface area contributed by atoms with Crippen molar-refractivity contribution in [2.75, 3.05) is 13.7 Å². The maximum Gasteiger partial charge on any atom is 0.213 e. The summed E-state index contributed by atoms with van der Waals surface area (Å²) in [6.07, 6.45) is 4.99. The second-order valence-corrected chi connectivity index (χ2v) is 4.65. The maximum atomic E-state index is 7.78. The van der Waals surface area contributed by atoms with Gasteiger partial charge in [0, 0.05) is 5.56 Å². The molecule has 1 N–H and O–H groups in total. The van der Waals surface area contributed by atoms with E-state index < -0.39 is 0 Å². The molecule has 0 aliphatic heterocycles. The number of rotatable bonds is 5. The van der Waals surface area contributed by atoms with Crippen molar-refractivity contribution in [2.24, 2.45) is 0 Å². The largest absolute Gasteiger partial charge is 0.493 e. The first-order chi connectivity index (χ1) is 9.24. The Morgan fingerprint density at radius 1 is 1.26 bits per heavy atom. The quantitative estimate of drug-likeness (QED) is 0.654. The Morgan fingerprint density at radius 2 is 2.00 bits per heavy atom. The maximum absolute atomic E-state index is 7.78. The first kappa shape index (κ1) is 13.7. The molecule has 104 valence electrons. The molecule has 4 nitrogen and oxygen atoms in total. The van der Waals surface area contributed by atoms with Crippen LogP contribution in [0.5, 0.6) is 11.5 Å². The molecule has 1 aliphatic rings. The van der Waals surface area contributed by atoms with Gasteiger partial charge in [-0.05, 0) is 50.8 Å². The van der Waals surface area contributed by atoms with E-state index in [1.54, 1.807) is 13.2 Å². The summed E-state index contributed by atoms with van der Waals surface area (Å²) in [6, 6.07) is 5.49. The molecule has 0 unspecified atom stereocenters. The Kier molecular flexibility index (Phi) is 4.66. The van der Waals surface area contributed by atoms with Crippen LogP contribution in [0.25, 0.3) is 0 Å². The van der Waals surface area contributed by atoms with Gasteiger partial charge in [-0.15, -0.1) is 0 Å². The molecule has 1 aliphatic carbocycles. The van der Waals surface area contributed by atoms with Crippen molar-refractivity contribution in [3.05, 3.63) is 23.8 Å². The molecule has 1 aromatic carbocycles. The second kappa shape index (κ2) is 6.45. The van der Waals surface area contributed by atoms with Crippen LogP contribution < -0.4 is 9.47 Å². The molecule has 19 heavy (non-hydrogen) atoms. The van der Waals surface area contributed by atoms with E-state index in [2.05, 4.69) is 0 Å². The van der Waals surface area contributed by atoms with Gasteiger partial charge in [0.1, 0.15) is 0 Å². The molecule has 0 aromatic heterocycles. The van der Waals surface area contributed by atoms with E-state index >= 15 is 0 Å². The lowest BCUT2D eigenvalue weighted by Crippen LogP contribution is -2.12. The number of methoxy groups -OCH3 is 1. The van der Waals surface area contributed by atoms with Gasteiger partial charge in [0.25, 0.3) is 0 Å². The lowest BCUT2D eigenvalue weighted by atomic mass is 10.2. The lowest BCUT2D eigenvalue weighted by molar-refractivity contribution is 0.200. The molecule has 0 atom stereocenters. The molecule has 0 amide bonds. The average Bonchev–Trinajstić information content (AvgIpc) is 2.92. The van der Waals surface area contributed by atoms with Crippen LogP contribution in [-0.2, 0) is 4.74 Å². The van der Waals surface area contributed by atoms with E-state index in [-0.39, 0.29) is 5.90 Å². The van der Waals surface area contributed by atoms with Crippen LogP contribution in [0.2, 0.25) is 0 Å². The summed E-state index contributed by atoms with van der Waals surface area (Å²) < 4.78 is 16.5. The van der Waals surface area contributed by atoms with E-state index in [9.17, 15) is 0 Å². The van der Waals surface area contributed by atoms with Gasteiger partial charge in [0.15, 0.2) is 11.5 Å². The van der Waals surface area contributed by atoms with Gasteiger partial charge in [0.2, 0.25) is 5.90 Å². The predicted octanol–water partition coefficient (Wildman–Crippen LogP) is 3.38. The van der Waals surface area contributed by atoms with Gasteiger partial charge in [-0.2, -0.15) is 0 Å². The third-order valence-electron chi connectivity index (χ3n) is 3.31. The minimum absolute atomic E-state index is 0.160. The zero-order valence-corrected chi connectivity index (χ0v) is 11.6. The van der Waals surface area contributed by atoms with Gasteiger partial charge in [-0.3, -0.25) is 5.41 Å². The molecule has 0 radical (unpaired) electrons. The third-order valence-corrected chi connectivity index (χ3v) is 3.31. The van der Waals surface area contributed by atoms with E-state index in [1.807, 2.05) is 19.1 Å². The average molecular weight is 263 g/mol. The highest BCUT2D eigenvalue weighted by molar-refractivity contribution is 5.92. The summed E-state index contributed by atoms with van der Waals surface area (Å²) in [5.74, 6) is 1.57. The van der Waals surface area contributed by atoms with Crippen molar-refractivity contribution in [2.45, 2.75) is 38.7 Å². The number of benzene rings is 1. The van der Waals surface area contributed by atoms with Gasteiger partial charge >= 0.3 is 0 Å². The summed E-state index contributed by atoms with van der Waals surface area (Å²) in [6.45, 7) is 2.35. The number of hydrogen-bond donors (Lipinski definition) is 1. The van der Waals surface area contributed by atoms with Crippen LogP contribution in [0.4, 0.5) is 0 Å². The van der Waals surface area contributed by atoms with E-state index in [4.69, 9.17) is 19.6 Å². The molecule has 0 saturated heterocycles. The highest BCUT2D eigenvalue weighted by atomic mass is 16.5. The molecule has 1 saturated carbocycles. The Labute approximate surface area is 114 Å². The van der Waals surface area contributed by atoms with Crippen LogP contribution in [0.1, 0.15) is 38.2 Å². The zero-order chi connectivity index (χ0) is 13.7. The SMILES string of the molecule is CCOC(=N)c1ccc(OC2CCCC2)c(OC)c1. The number of nitrogens with one attached hydrogen (secondary N) is 1. The Bertz CT molecular complexity index is 439. The van der Waals surface area contributed by atoms with Crippen molar-refractivity contribution in [3.63, 3.8) is 0 Å². The lowest BCUT2D eigenvalue weighted by Gasteiger charge is -2.16. The van der Waals surface area contributed by atoms with Crippen LogP contribution in [0.15, 0.2) is 18.2 Å². The fourth-order valence-corrected chi connectivity index (χ4v) is 2.32.